The molecule has 366 valence electrons. The van der Waals surface area contributed by atoms with Crippen LogP contribution in [-0.2, 0) is 47.7 Å². The lowest BCUT2D eigenvalue weighted by atomic mass is 9.76. The van der Waals surface area contributed by atoms with E-state index < -0.39 is 77.8 Å². The van der Waals surface area contributed by atoms with Crippen molar-refractivity contribution in [3.8, 4) is 0 Å². The third-order valence-corrected chi connectivity index (χ3v) is 14.8. The van der Waals surface area contributed by atoms with Gasteiger partial charge in [0.15, 0.2) is 5.78 Å². The summed E-state index contributed by atoms with van der Waals surface area (Å²) in [6.45, 7) is 15.1. The van der Waals surface area contributed by atoms with E-state index >= 15 is 0 Å². The molecule has 0 aromatic heterocycles. The lowest BCUT2D eigenvalue weighted by Gasteiger charge is -2.42. The van der Waals surface area contributed by atoms with Gasteiger partial charge in [-0.1, -0.05) is 78.0 Å². The fourth-order valence-electron chi connectivity index (χ4n) is 10.4. The van der Waals surface area contributed by atoms with Crippen molar-refractivity contribution in [3.63, 3.8) is 0 Å². The molecule has 1 aliphatic carbocycles. The zero-order chi connectivity index (χ0) is 48.2. The summed E-state index contributed by atoms with van der Waals surface area (Å²) in [6, 6.07) is -1.11. The monoisotopic (exact) mass is 912 g/mol. The number of fused-ring (bicyclic) bond motifs is 3. The molecule has 1 saturated carbocycles. The van der Waals surface area contributed by atoms with Crippen molar-refractivity contribution in [1.29, 1.82) is 0 Å². The SMILES string of the molecule is COC1C[C@@H]2CC[C@@H](C)[C@@](O)(O2)C(=O)C(=O)N2CCCC[C@H]2C(=O)O[C@H](C(C)CC2CC[C@H](C)[C@H](OC)C2)CC(=O)[C@H](C)/C=C(\C)[C@@H](O)[C@@H](OC)C(=O)[C@@H](C)CC(C)/C=C/C=C/C=C/1C. The van der Waals surface area contributed by atoms with Crippen molar-refractivity contribution < 1.29 is 57.9 Å². The number of amides is 1. The van der Waals surface area contributed by atoms with Gasteiger partial charge in [-0.3, -0.25) is 19.2 Å². The number of methoxy groups -OCH3 is 3. The average Bonchev–Trinajstić information content (AvgIpc) is 3.28. The van der Waals surface area contributed by atoms with Crippen LogP contribution in [-0.4, -0.2) is 121 Å². The summed E-state index contributed by atoms with van der Waals surface area (Å²) in [4.78, 5) is 71.9. The molecule has 0 radical (unpaired) electrons. The molecule has 2 N–H and O–H groups in total. The molecule has 3 heterocycles. The summed E-state index contributed by atoms with van der Waals surface area (Å²) in [7, 11) is 4.70. The smallest absolute Gasteiger partial charge is 0.329 e. The van der Waals surface area contributed by atoms with Gasteiger partial charge in [0.2, 0.25) is 5.79 Å². The average molecular weight is 912 g/mol. The zero-order valence-electron chi connectivity index (χ0n) is 41.2. The van der Waals surface area contributed by atoms with Crippen molar-refractivity contribution in [2.75, 3.05) is 27.9 Å². The molecule has 13 nitrogen and oxygen atoms in total. The number of carbonyl (C=O) groups is 5. The number of rotatable bonds is 6. The van der Waals surface area contributed by atoms with Gasteiger partial charge in [-0.25, -0.2) is 4.79 Å². The first-order valence-electron chi connectivity index (χ1n) is 24.2. The highest BCUT2D eigenvalue weighted by Crippen LogP contribution is 2.38. The van der Waals surface area contributed by atoms with Crippen molar-refractivity contribution in [2.45, 2.75) is 181 Å². The number of esters is 1. The summed E-state index contributed by atoms with van der Waals surface area (Å²) in [6.07, 6.45) is 13.6. The van der Waals surface area contributed by atoms with Gasteiger partial charge in [0, 0.05) is 58.5 Å². The first-order valence-corrected chi connectivity index (χ1v) is 24.2. The molecule has 0 spiro atoms. The van der Waals surface area contributed by atoms with Gasteiger partial charge in [0.1, 0.15) is 30.1 Å². The van der Waals surface area contributed by atoms with Crippen molar-refractivity contribution in [1.82, 2.24) is 4.90 Å². The van der Waals surface area contributed by atoms with Crippen LogP contribution in [0.3, 0.4) is 0 Å². The van der Waals surface area contributed by atoms with Crippen LogP contribution in [0.5, 0.6) is 0 Å². The van der Waals surface area contributed by atoms with Gasteiger partial charge in [-0.2, -0.15) is 0 Å². The minimum absolute atomic E-state index is 0.0304. The number of aliphatic hydroxyl groups excluding tert-OH is 1. The van der Waals surface area contributed by atoms with E-state index in [1.807, 2.05) is 58.1 Å². The molecule has 13 heteroatoms. The van der Waals surface area contributed by atoms with E-state index in [-0.39, 0.29) is 54.8 Å². The van der Waals surface area contributed by atoms with Crippen LogP contribution in [0.2, 0.25) is 0 Å². The molecule has 15 atom stereocenters. The van der Waals surface area contributed by atoms with E-state index in [1.54, 1.807) is 41.1 Å². The Balaban J connectivity index is 1.70. The van der Waals surface area contributed by atoms with Crippen LogP contribution in [0.25, 0.3) is 0 Å². The lowest BCUT2D eigenvalue weighted by Crippen LogP contribution is -2.61. The molecule has 4 aliphatic rings. The van der Waals surface area contributed by atoms with Crippen molar-refractivity contribution >= 4 is 29.2 Å². The maximum atomic E-state index is 14.4. The van der Waals surface area contributed by atoms with Gasteiger partial charge in [0.25, 0.3) is 11.7 Å². The minimum atomic E-state index is -2.41. The number of allylic oxidation sites excluding steroid dienone is 6. The van der Waals surface area contributed by atoms with E-state index in [4.69, 9.17) is 23.7 Å². The Morgan fingerprint density at radius 3 is 2.25 bits per heavy atom. The second-order valence-electron chi connectivity index (χ2n) is 20.0. The highest BCUT2D eigenvalue weighted by Gasteiger charge is 2.53. The number of ether oxygens (including phenoxy) is 5. The fraction of sp³-hybridized carbons (Fsp3) is 0.750. The van der Waals surface area contributed by atoms with E-state index in [9.17, 15) is 34.2 Å². The van der Waals surface area contributed by atoms with Crippen LogP contribution in [0, 0.1) is 41.4 Å². The van der Waals surface area contributed by atoms with Gasteiger partial charge >= 0.3 is 5.97 Å². The Hall–Kier alpha value is -3.33. The van der Waals surface area contributed by atoms with Crippen LogP contribution in [0.1, 0.15) is 132 Å². The Labute approximate surface area is 388 Å². The third-order valence-electron chi connectivity index (χ3n) is 14.8. The number of piperidine rings is 1. The summed E-state index contributed by atoms with van der Waals surface area (Å²) >= 11 is 0. The van der Waals surface area contributed by atoms with Crippen LogP contribution >= 0.6 is 0 Å². The number of carbonyl (C=O) groups excluding carboxylic acids is 5. The van der Waals surface area contributed by atoms with Crippen molar-refractivity contribution in [3.05, 3.63) is 47.6 Å². The third kappa shape index (κ3) is 14.3. The molecule has 0 aromatic carbocycles. The molecule has 3 aliphatic heterocycles. The molecular formula is C52H81NO12. The van der Waals surface area contributed by atoms with E-state index in [1.165, 1.54) is 12.0 Å². The second-order valence-corrected chi connectivity index (χ2v) is 20.0. The number of ketones is 3. The zero-order valence-corrected chi connectivity index (χ0v) is 41.2. The Bertz CT molecular complexity index is 1750. The standard InChI is InChI=1S/C52H81NO12/c1-31-17-13-12-14-18-32(2)44(62-10)29-40-23-21-38(8)52(60,65-40)49(57)50(58)53-24-16-15-19-41(53)51(59)64-45(35(5)27-39-22-20-33(3)43(28-39)61-9)30-42(54)34(4)26-37(7)47(56)48(63-11)46(55)36(6)25-31/h12-14,17-18,26,31,33-36,38-41,43-45,47-48,56,60H,15-16,19-25,27-30H2,1-11H3/b14-12+,17-13+,32-18+,37-26+/t31?,33-,34+,35?,36-,38+,39?,40-,41-,43+,44?,45-,47+,48-,52+/m0/s1. The fourth-order valence-corrected chi connectivity index (χ4v) is 10.4. The summed E-state index contributed by atoms with van der Waals surface area (Å²) in [5.41, 5.74) is 1.30. The summed E-state index contributed by atoms with van der Waals surface area (Å²) in [5.74, 6) is -7.07. The molecule has 4 unspecified atom stereocenters. The molecule has 65 heavy (non-hydrogen) atoms. The number of aliphatic hydroxyl groups is 2. The normalized spacial score (nSPS) is 40.4. The lowest BCUT2D eigenvalue weighted by molar-refractivity contribution is -0.265. The van der Waals surface area contributed by atoms with Gasteiger partial charge in [-0.15, -0.1) is 0 Å². The highest BCUT2D eigenvalue weighted by molar-refractivity contribution is 6.39. The Morgan fingerprint density at radius 2 is 1.57 bits per heavy atom. The van der Waals surface area contributed by atoms with Crippen LogP contribution in [0.4, 0.5) is 0 Å². The first-order chi connectivity index (χ1) is 30.7. The first kappa shape index (κ1) is 54.3. The number of hydrogen-bond acceptors (Lipinski definition) is 12. The summed E-state index contributed by atoms with van der Waals surface area (Å²) in [5, 5.41) is 23.4. The minimum Gasteiger partial charge on any atom is -0.460 e. The number of cyclic esters (lactones) is 1. The molecule has 2 saturated heterocycles. The topological polar surface area (TPSA) is 175 Å². The van der Waals surface area contributed by atoms with E-state index in [0.29, 0.717) is 56.4 Å². The maximum Gasteiger partial charge on any atom is 0.329 e. The van der Waals surface area contributed by atoms with E-state index in [2.05, 4.69) is 6.92 Å². The predicted molar refractivity (Wildman–Crippen MR) is 248 cm³/mol. The Kier molecular flexibility index (Phi) is 21.0. The largest absolute Gasteiger partial charge is 0.460 e. The molecule has 1 amide bonds. The Morgan fingerprint density at radius 1 is 0.846 bits per heavy atom. The molecule has 0 aromatic rings. The second kappa shape index (κ2) is 25.2. The number of hydrogen-bond donors (Lipinski definition) is 2. The van der Waals surface area contributed by atoms with Crippen LogP contribution < -0.4 is 0 Å². The van der Waals surface area contributed by atoms with Crippen molar-refractivity contribution in [2.24, 2.45) is 41.4 Å². The quantitative estimate of drug-likeness (QED) is 0.153. The highest BCUT2D eigenvalue weighted by atomic mass is 16.6. The number of Topliss-reactive ketones (excluding diaryl/α,β-unsaturated/α-hetero) is 3. The van der Waals surface area contributed by atoms with E-state index in [0.717, 1.165) is 24.8 Å². The summed E-state index contributed by atoms with van der Waals surface area (Å²) < 4.78 is 29.7. The molecule has 3 fully saturated rings. The van der Waals surface area contributed by atoms with Gasteiger partial charge in [0.05, 0.1) is 18.3 Å². The predicted octanol–water partition coefficient (Wildman–Crippen LogP) is 7.46. The van der Waals surface area contributed by atoms with Gasteiger partial charge in [-0.05, 0) is 113 Å². The maximum absolute atomic E-state index is 14.4. The van der Waals surface area contributed by atoms with Gasteiger partial charge < -0.3 is 38.8 Å². The number of nitrogens with zero attached hydrogens (tertiary/aromatic N) is 1. The molecule has 4 rings (SSSR count). The molecular weight excluding hydrogens is 831 g/mol. The van der Waals surface area contributed by atoms with Crippen LogP contribution in [0.15, 0.2) is 47.6 Å². The molecule has 2 bridgehead atoms.